The maximum Gasteiger partial charge on any atom is 0.223 e. The van der Waals surface area contributed by atoms with E-state index in [1.165, 1.54) is 24.0 Å². The van der Waals surface area contributed by atoms with Crippen molar-refractivity contribution in [3.8, 4) is 0 Å². The number of aryl methyl sites for hydroxylation is 1. The lowest BCUT2D eigenvalue weighted by molar-refractivity contribution is -0.123. The van der Waals surface area contributed by atoms with Crippen molar-refractivity contribution < 1.29 is 4.79 Å². The molecule has 4 heteroatoms. The second-order valence-electron chi connectivity index (χ2n) is 7.12. The van der Waals surface area contributed by atoms with Crippen molar-refractivity contribution in [1.29, 1.82) is 0 Å². The summed E-state index contributed by atoms with van der Waals surface area (Å²) in [7, 11) is 0. The second-order valence-corrected chi connectivity index (χ2v) is 7.12. The third-order valence-corrected chi connectivity index (χ3v) is 5.53. The third kappa shape index (κ3) is 3.02. The van der Waals surface area contributed by atoms with Crippen LogP contribution < -0.4 is 10.6 Å². The Morgan fingerprint density at radius 1 is 1.14 bits per heavy atom. The van der Waals surface area contributed by atoms with Crippen LogP contribution in [0, 0.1) is 12.8 Å². The summed E-state index contributed by atoms with van der Waals surface area (Å²) < 4.78 is 0. The zero-order chi connectivity index (χ0) is 14.4. The van der Waals surface area contributed by atoms with E-state index in [1.807, 2.05) is 0 Å². The van der Waals surface area contributed by atoms with E-state index in [2.05, 4.69) is 41.8 Å². The molecule has 120 valence electrons. The van der Waals surface area contributed by atoms with Gasteiger partial charge in [-0.25, -0.2) is 0 Å². The van der Waals surface area contributed by atoms with Gasteiger partial charge in [-0.05, 0) is 56.1 Å². The lowest BCUT2D eigenvalue weighted by Gasteiger charge is -2.29. The molecular weight excluding hydrogens is 296 g/mol. The molecule has 4 atom stereocenters. The second kappa shape index (κ2) is 6.21. The Balaban J connectivity index is 0.00000144. The Morgan fingerprint density at radius 3 is 2.50 bits per heavy atom. The average molecular weight is 321 g/mol. The molecule has 1 saturated carbocycles. The molecule has 1 aliphatic carbocycles. The van der Waals surface area contributed by atoms with E-state index >= 15 is 0 Å². The molecule has 1 amide bonds. The van der Waals surface area contributed by atoms with E-state index in [4.69, 9.17) is 0 Å². The van der Waals surface area contributed by atoms with Crippen molar-refractivity contribution in [1.82, 2.24) is 10.6 Å². The van der Waals surface area contributed by atoms with E-state index in [0.717, 1.165) is 19.3 Å². The molecular formula is C18H25ClN2O. The van der Waals surface area contributed by atoms with Gasteiger partial charge in [0.25, 0.3) is 0 Å². The van der Waals surface area contributed by atoms with Crippen LogP contribution in [0.15, 0.2) is 24.3 Å². The Labute approximate surface area is 138 Å². The molecule has 2 aliphatic heterocycles. The molecule has 0 aromatic heterocycles. The summed E-state index contributed by atoms with van der Waals surface area (Å²) in [4.78, 5) is 12.5. The first-order valence-corrected chi connectivity index (χ1v) is 8.32. The summed E-state index contributed by atoms with van der Waals surface area (Å²) in [6, 6.07) is 10.2. The van der Waals surface area contributed by atoms with E-state index in [9.17, 15) is 4.79 Å². The summed E-state index contributed by atoms with van der Waals surface area (Å²) >= 11 is 0. The number of hydrogen-bond donors (Lipinski definition) is 2. The Morgan fingerprint density at radius 2 is 1.82 bits per heavy atom. The van der Waals surface area contributed by atoms with Gasteiger partial charge in [0.1, 0.15) is 0 Å². The van der Waals surface area contributed by atoms with Gasteiger partial charge in [-0.2, -0.15) is 0 Å². The topological polar surface area (TPSA) is 41.1 Å². The molecule has 3 nitrogen and oxygen atoms in total. The van der Waals surface area contributed by atoms with Crippen LogP contribution in [0.3, 0.4) is 0 Å². The van der Waals surface area contributed by atoms with Crippen molar-refractivity contribution in [3.63, 3.8) is 0 Å². The number of carbonyl (C=O) groups is 1. The van der Waals surface area contributed by atoms with Gasteiger partial charge in [-0.1, -0.05) is 24.3 Å². The summed E-state index contributed by atoms with van der Waals surface area (Å²) in [5.74, 6) is 0.942. The highest BCUT2D eigenvalue weighted by molar-refractivity contribution is 5.85. The van der Waals surface area contributed by atoms with Crippen LogP contribution in [-0.2, 0) is 4.79 Å². The normalized spacial score (nSPS) is 35.6. The first-order chi connectivity index (χ1) is 10.2. The quantitative estimate of drug-likeness (QED) is 0.899. The lowest BCUT2D eigenvalue weighted by Crippen LogP contribution is -2.48. The molecule has 4 unspecified atom stereocenters. The molecule has 3 aliphatic rings. The van der Waals surface area contributed by atoms with E-state index in [-0.39, 0.29) is 24.2 Å². The first-order valence-electron chi connectivity index (χ1n) is 8.32. The van der Waals surface area contributed by atoms with Crippen LogP contribution in [0.2, 0.25) is 0 Å². The number of rotatable bonds is 3. The van der Waals surface area contributed by atoms with Gasteiger partial charge in [0.15, 0.2) is 0 Å². The van der Waals surface area contributed by atoms with Crippen LogP contribution in [0.1, 0.15) is 49.1 Å². The fraction of sp³-hybridized carbons (Fsp3) is 0.611. The average Bonchev–Trinajstić information content (AvgIpc) is 3.19. The Bertz CT molecular complexity index is 550. The smallest absolute Gasteiger partial charge is 0.223 e. The standard InChI is InChI=1S/C18H24N2O.ClH/c1-11-4-2-3-5-15(11)16-10-17(16)18(21)20-14-8-12-6-7-13(9-14)19-12;/h2-5,12-14,16-17,19H,6-10H2,1H3,(H,20,21);1H. The zero-order valence-corrected chi connectivity index (χ0v) is 13.9. The molecule has 4 rings (SSSR count). The molecule has 22 heavy (non-hydrogen) atoms. The van der Waals surface area contributed by atoms with Gasteiger partial charge in [0.2, 0.25) is 5.91 Å². The largest absolute Gasteiger partial charge is 0.353 e. The molecule has 0 radical (unpaired) electrons. The summed E-state index contributed by atoms with van der Waals surface area (Å²) in [6.45, 7) is 2.15. The van der Waals surface area contributed by atoms with E-state index in [1.54, 1.807) is 0 Å². The van der Waals surface area contributed by atoms with Gasteiger partial charge in [-0.15, -0.1) is 12.4 Å². The minimum atomic E-state index is 0. The number of amides is 1. The first kappa shape index (κ1) is 15.8. The predicted molar refractivity (Wildman–Crippen MR) is 90.4 cm³/mol. The van der Waals surface area contributed by atoms with E-state index < -0.39 is 0 Å². The van der Waals surface area contributed by atoms with Crippen molar-refractivity contribution in [2.75, 3.05) is 0 Å². The molecule has 1 aromatic carbocycles. The number of hydrogen-bond acceptors (Lipinski definition) is 2. The van der Waals surface area contributed by atoms with Crippen LogP contribution in [0.25, 0.3) is 0 Å². The minimum Gasteiger partial charge on any atom is -0.353 e. The molecule has 1 aromatic rings. The molecule has 2 saturated heterocycles. The molecule has 0 spiro atoms. The highest BCUT2D eigenvalue weighted by Crippen LogP contribution is 2.48. The monoisotopic (exact) mass is 320 g/mol. The van der Waals surface area contributed by atoms with Crippen molar-refractivity contribution in [2.24, 2.45) is 5.92 Å². The van der Waals surface area contributed by atoms with Crippen LogP contribution in [0.4, 0.5) is 0 Å². The molecule has 3 fully saturated rings. The maximum absolute atomic E-state index is 12.5. The molecule has 2 bridgehead atoms. The van der Waals surface area contributed by atoms with Gasteiger partial charge >= 0.3 is 0 Å². The number of piperidine rings is 1. The number of carbonyl (C=O) groups excluding carboxylic acids is 1. The van der Waals surface area contributed by atoms with E-state index in [0.29, 0.717) is 24.0 Å². The van der Waals surface area contributed by atoms with Gasteiger partial charge in [0.05, 0.1) is 0 Å². The Kier molecular flexibility index (Phi) is 4.47. The third-order valence-electron chi connectivity index (χ3n) is 5.53. The highest BCUT2D eigenvalue weighted by atomic mass is 35.5. The summed E-state index contributed by atoms with van der Waals surface area (Å²) in [5, 5.41) is 6.95. The SMILES string of the molecule is Cc1ccccc1C1CC1C(=O)NC1CC2CCC(C1)N2.Cl. The number of fused-ring (bicyclic) bond motifs is 2. The van der Waals surface area contributed by atoms with Crippen LogP contribution in [-0.4, -0.2) is 24.0 Å². The Hall–Kier alpha value is -1.06. The summed E-state index contributed by atoms with van der Waals surface area (Å²) in [6.07, 6.45) is 5.82. The lowest BCUT2D eigenvalue weighted by atomic mass is 9.99. The predicted octanol–water partition coefficient (Wildman–Crippen LogP) is 2.92. The van der Waals surface area contributed by atoms with Gasteiger partial charge < -0.3 is 10.6 Å². The van der Waals surface area contributed by atoms with Crippen LogP contribution in [0.5, 0.6) is 0 Å². The number of halogens is 1. The fourth-order valence-electron chi connectivity index (χ4n) is 4.31. The van der Waals surface area contributed by atoms with Crippen molar-refractivity contribution in [3.05, 3.63) is 35.4 Å². The highest BCUT2D eigenvalue weighted by Gasteiger charge is 2.45. The number of benzene rings is 1. The molecule has 2 N–H and O–H groups in total. The summed E-state index contributed by atoms with van der Waals surface area (Å²) in [5.41, 5.74) is 2.68. The van der Waals surface area contributed by atoms with Crippen molar-refractivity contribution >= 4 is 18.3 Å². The van der Waals surface area contributed by atoms with Crippen LogP contribution >= 0.6 is 12.4 Å². The zero-order valence-electron chi connectivity index (χ0n) is 13.0. The number of nitrogens with one attached hydrogen (secondary N) is 2. The van der Waals surface area contributed by atoms with Crippen molar-refractivity contribution in [2.45, 2.75) is 63.1 Å². The fourth-order valence-corrected chi connectivity index (χ4v) is 4.31. The van der Waals surface area contributed by atoms with Gasteiger partial charge in [-0.3, -0.25) is 4.79 Å². The van der Waals surface area contributed by atoms with Gasteiger partial charge in [0, 0.05) is 24.0 Å². The maximum atomic E-state index is 12.5. The molecule has 2 heterocycles. The minimum absolute atomic E-state index is 0.